The first kappa shape index (κ1) is 18.8. The number of unbranched alkanes of at least 4 members (excludes halogenated alkanes) is 1. The van der Waals surface area contributed by atoms with Crippen molar-refractivity contribution in [2.24, 2.45) is 17.8 Å². The highest BCUT2D eigenvalue weighted by atomic mass is 35.5. The van der Waals surface area contributed by atoms with Crippen LogP contribution in [0.3, 0.4) is 0 Å². The Morgan fingerprint density at radius 1 is 1.30 bits per heavy atom. The van der Waals surface area contributed by atoms with Crippen molar-refractivity contribution in [2.75, 3.05) is 0 Å². The fourth-order valence-corrected chi connectivity index (χ4v) is 6.26. The summed E-state index contributed by atoms with van der Waals surface area (Å²) in [7, 11) is 0. The van der Waals surface area contributed by atoms with Gasteiger partial charge in [-0.1, -0.05) is 24.9 Å². The highest BCUT2D eigenvalue weighted by molar-refractivity contribution is 6.32. The van der Waals surface area contributed by atoms with Gasteiger partial charge in [0.05, 0.1) is 11.8 Å². The summed E-state index contributed by atoms with van der Waals surface area (Å²) in [5.41, 5.74) is 0.421. The lowest BCUT2D eigenvalue weighted by Crippen LogP contribution is -2.66. The average molecular weight is 393 g/mol. The zero-order valence-corrected chi connectivity index (χ0v) is 16.9. The van der Waals surface area contributed by atoms with Crippen LogP contribution in [0.25, 0.3) is 0 Å². The van der Waals surface area contributed by atoms with Crippen LogP contribution < -0.4 is 10.6 Å². The molecule has 6 nitrogen and oxygen atoms in total. The van der Waals surface area contributed by atoms with Gasteiger partial charge in [0.1, 0.15) is 5.15 Å². The normalized spacial score (nSPS) is 33.9. The molecular weight excluding hydrogens is 364 g/mol. The molecule has 1 heterocycles. The van der Waals surface area contributed by atoms with Crippen molar-refractivity contribution in [1.82, 2.24) is 20.4 Å². The molecule has 2 atom stereocenters. The first-order valence-electron chi connectivity index (χ1n) is 10.2. The van der Waals surface area contributed by atoms with Crippen molar-refractivity contribution in [3.05, 3.63) is 16.9 Å². The molecule has 0 aliphatic heterocycles. The fourth-order valence-electron chi connectivity index (χ4n) is 6.00. The number of rotatable bonds is 6. The van der Waals surface area contributed by atoms with Crippen LogP contribution in [0.5, 0.6) is 0 Å². The van der Waals surface area contributed by atoms with Crippen molar-refractivity contribution in [3.8, 4) is 0 Å². The zero-order chi connectivity index (χ0) is 19.2. The highest BCUT2D eigenvalue weighted by Gasteiger charge is 2.56. The predicted molar refractivity (Wildman–Crippen MR) is 104 cm³/mol. The molecule has 0 spiro atoms. The second-order valence-electron chi connectivity index (χ2n) is 8.86. The maximum Gasteiger partial charge on any atom is 0.256 e. The fraction of sp³-hybridized carbons (Fsp3) is 0.750. The molecule has 2 unspecified atom stereocenters. The average Bonchev–Trinajstić information content (AvgIpc) is 2.95. The number of nitrogens with zero attached hydrogens (tertiary/aromatic N) is 2. The number of hydrogen-bond donors (Lipinski definition) is 2. The third-order valence-electron chi connectivity index (χ3n) is 6.76. The van der Waals surface area contributed by atoms with Gasteiger partial charge in [-0.25, -0.2) is 0 Å². The Morgan fingerprint density at radius 2 is 2.00 bits per heavy atom. The standard InChI is InChI=1S/C20H29ClN4O2/c1-3-4-5-25-18(21)16(11-22-25)19(27)23-17-14-6-13-7-15(17)10-20(8-13,9-14)24-12(2)26/h11,13-15,17H,3-10H2,1-2H3,(H,23,27)(H,24,26). The van der Waals surface area contributed by atoms with E-state index in [1.165, 1.54) is 0 Å². The molecule has 27 heavy (non-hydrogen) atoms. The molecule has 1 aromatic heterocycles. The molecule has 0 saturated heterocycles. The number of aromatic nitrogens is 2. The SMILES string of the molecule is CCCCn1ncc(C(=O)NC2C3CC4CC2CC(NC(C)=O)(C4)C3)c1Cl. The van der Waals surface area contributed by atoms with Gasteiger partial charge >= 0.3 is 0 Å². The third-order valence-corrected chi connectivity index (χ3v) is 7.15. The van der Waals surface area contributed by atoms with Crippen LogP contribution in [-0.4, -0.2) is 33.2 Å². The lowest BCUT2D eigenvalue weighted by Gasteiger charge is -2.60. The van der Waals surface area contributed by atoms with Crippen LogP contribution in [0.4, 0.5) is 0 Å². The van der Waals surface area contributed by atoms with Gasteiger partial charge in [-0.15, -0.1) is 0 Å². The van der Waals surface area contributed by atoms with Gasteiger partial charge in [0.15, 0.2) is 0 Å². The Bertz CT molecular complexity index is 730. The number of halogens is 1. The largest absolute Gasteiger partial charge is 0.351 e. The molecule has 148 valence electrons. The number of nitrogens with one attached hydrogen (secondary N) is 2. The number of aryl methyl sites for hydroxylation is 1. The summed E-state index contributed by atoms with van der Waals surface area (Å²) >= 11 is 6.40. The quantitative estimate of drug-likeness (QED) is 0.780. The third kappa shape index (κ3) is 3.48. The van der Waals surface area contributed by atoms with Gasteiger partial charge in [-0.05, 0) is 56.3 Å². The van der Waals surface area contributed by atoms with E-state index < -0.39 is 0 Å². The van der Waals surface area contributed by atoms with Gasteiger partial charge < -0.3 is 10.6 Å². The minimum atomic E-state index is -0.117. The molecule has 4 aliphatic rings. The van der Waals surface area contributed by atoms with Gasteiger partial charge in [0, 0.05) is 25.0 Å². The van der Waals surface area contributed by atoms with Gasteiger partial charge in [-0.2, -0.15) is 5.10 Å². The van der Waals surface area contributed by atoms with E-state index in [1.807, 2.05) is 0 Å². The number of carbonyl (C=O) groups excluding carboxylic acids is 2. The summed E-state index contributed by atoms with van der Waals surface area (Å²) in [4.78, 5) is 24.6. The Kier molecular flexibility index (Phi) is 4.95. The molecule has 1 aromatic rings. The van der Waals surface area contributed by atoms with Gasteiger partial charge in [-0.3, -0.25) is 14.3 Å². The molecule has 7 heteroatoms. The molecular formula is C20H29ClN4O2. The molecule has 0 radical (unpaired) electrons. The molecule has 4 bridgehead atoms. The van der Waals surface area contributed by atoms with E-state index in [-0.39, 0.29) is 23.4 Å². The maximum atomic E-state index is 12.9. The van der Waals surface area contributed by atoms with Crippen LogP contribution in [0.15, 0.2) is 6.20 Å². The first-order valence-corrected chi connectivity index (χ1v) is 10.6. The first-order chi connectivity index (χ1) is 12.9. The van der Waals surface area contributed by atoms with Crippen LogP contribution in [-0.2, 0) is 11.3 Å². The monoisotopic (exact) mass is 392 g/mol. The van der Waals surface area contributed by atoms with Crippen molar-refractivity contribution < 1.29 is 9.59 Å². The number of carbonyl (C=O) groups is 2. The summed E-state index contributed by atoms with van der Waals surface area (Å²) in [6, 6.07) is 0.172. The Hall–Kier alpha value is -1.56. The minimum absolute atomic E-state index is 0.0494. The summed E-state index contributed by atoms with van der Waals surface area (Å²) in [5.74, 6) is 1.47. The van der Waals surface area contributed by atoms with Crippen LogP contribution in [0, 0.1) is 17.8 Å². The summed E-state index contributed by atoms with van der Waals surface area (Å²) in [5, 5.41) is 11.2. The number of amides is 2. The van der Waals surface area contributed by atoms with E-state index in [9.17, 15) is 9.59 Å². The van der Waals surface area contributed by atoms with Crippen molar-refractivity contribution in [2.45, 2.75) is 76.9 Å². The lowest BCUT2D eigenvalue weighted by molar-refractivity contribution is -0.125. The van der Waals surface area contributed by atoms with Crippen LogP contribution in [0.2, 0.25) is 5.15 Å². The molecule has 2 N–H and O–H groups in total. The van der Waals surface area contributed by atoms with Crippen molar-refractivity contribution in [1.29, 1.82) is 0 Å². The molecule has 2 amide bonds. The topological polar surface area (TPSA) is 76.0 Å². The zero-order valence-electron chi connectivity index (χ0n) is 16.1. The second-order valence-corrected chi connectivity index (χ2v) is 9.21. The molecule has 4 aliphatic carbocycles. The van der Waals surface area contributed by atoms with Gasteiger partial charge in [0.2, 0.25) is 5.91 Å². The minimum Gasteiger partial charge on any atom is -0.351 e. The predicted octanol–water partition coefficient (Wildman–Crippen LogP) is 3.15. The van der Waals surface area contributed by atoms with Gasteiger partial charge in [0.25, 0.3) is 5.91 Å². The molecule has 0 aromatic carbocycles. The summed E-state index contributed by atoms with van der Waals surface area (Å²) < 4.78 is 1.71. The number of hydrogen-bond acceptors (Lipinski definition) is 3. The Balaban J connectivity index is 1.46. The van der Waals surface area contributed by atoms with E-state index in [2.05, 4.69) is 22.7 Å². The van der Waals surface area contributed by atoms with Crippen LogP contribution in [0.1, 0.15) is 69.2 Å². The second kappa shape index (κ2) is 7.12. The van der Waals surface area contributed by atoms with E-state index in [4.69, 9.17) is 11.6 Å². The van der Waals surface area contributed by atoms with Crippen molar-refractivity contribution >= 4 is 23.4 Å². The van der Waals surface area contributed by atoms with E-state index in [1.54, 1.807) is 17.8 Å². The molecule has 4 fully saturated rings. The summed E-state index contributed by atoms with van der Waals surface area (Å²) in [6.07, 6.45) is 8.95. The van der Waals surface area contributed by atoms with E-state index in [0.29, 0.717) is 28.5 Å². The maximum absolute atomic E-state index is 12.9. The van der Waals surface area contributed by atoms with Crippen LogP contribution >= 0.6 is 11.6 Å². The Labute approximate surface area is 165 Å². The lowest BCUT2D eigenvalue weighted by atomic mass is 9.51. The smallest absolute Gasteiger partial charge is 0.256 e. The summed E-state index contributed by atoms with van der Waals surface area (Å²) in [6.45, 7) is 4.46. The van der Waals surface area contributed by atoms with E-state index >= 15 is 0 Å². The Morgan fingerprint density at radius 3 is 2.63 bits per heavy atom. The van der Waals surface area contributed by atoms with Crippen molar-refractivity contribution in [3.63, 3.8) is 0 Å². The highest BCUT2D eigenvalue weighted by Crippen LogP contribution is 2.55. The molecule has 4 saturated carbocycles. The molecule has 5 rings (SSSR count). The van der Waals surface area contributed by atoms with E-state index in [0.717, 1.165) is 51.5 Å².